The summed E-state index contributed by atoms with van der Waals surface area (Å²) in [5, 5.41) is 0. The number of hydrogen-bond acceptors (Lipinski definition) is 3. The van der Waals surface area contributed by atoms with Crippen molar-refractivity contribution in [2.75, 3.05) is 19.3 Å². The molecule has 3 aromatic carbocycles. The summed E-state index contributed by atoms with van der Waals surface area (Å²) in [6.07, 6.45) is 4.49. The van der Waals surface area contributed by atoms with E-state index in [1.54, 1.807) is 11.8 Å². The molecule has 210 valence electrons. The molecule has 0 fully saturated rings. The van der Waals surface area contributed by atoms with Crippen LogP contribution < -0.4 is 5.73 Å². The molecule has 0 saturated heterocycles. The smallest absolute Gasteiger partial charge is 0.254 e. The minimum Gasteiger partial charge on any atom is -0.344 e. The Morgan fingerprint density at radius 3 is 2.33 bits per heavy atom. The molecule has 2 N–H and O–H groups in total. The average Bonchev–Trinajstić information content (AvgIpc) is 3.34. The van der Waals surface area contributed by atoms with Gasteiger partial charge in [0.2, 0.25) is 0 Å². The van der Waals surface area contributed by atoms with Crippen LogP contribution in [0.15, 0.2) is 90.0 Å². The van der Waals surface area contributed by atoms with Crippen LogP contribution in [0.1, 0.15) is 54.8 Å². The zero-order valence-electron chi connectivity index (χ0n) is 23.5. The van der Waals surface area contributed by atoms with Gasteiger partial charge in [-0.15, -0.1) is 11.8 Å². The van der Waals surface area contributed by atoms with Crippen LogP contribution in [-0.4, -0.2) is 34.7 Å². The summed E-state index contributed by atoms with van der Waals surface area (Å²) < 4.78 is 31.2. The highest BCUT2D eigenvalue weighted by Crippen LogP contribution is 2.41. The van der Waals surface area contributed by atoms with Crippen LogP contribution in [0.25, 0.3) is 11.1 Å². The van der Waals surface area contributed by atoms with Gasteiger partial charge < -0.3 is 15.2 Å². The second-order valence-corrected chi connectivity index (χ2v) is 11.9. The molecule has 1 amide bonds. The Kier molecular flexibility index (Phi) is 9.48. The summed E-state index contributed by atoms with van der Waals surface area (Å²) in [4.78, 5) is 17.1. The number of rotatable bonds is 10. The van der Waals surface area contributed by atoms with Gasteiger partial charge in [0.15, 0.2) is 0 Å². The van der Waals surface area contributed by atoms with Crippen LogP contribution in [0, 0.1) is 17.0 Å². The highest BCUT2D eigenvalue weighted by Gasteiger charge is 2.37. The van der Waals surface area contributed by atoms with Crippen molar-refractivity contribution in [3.05, 3.63) is 114 Å². The number of nitrogens with two attached hydrogens (primary N) is 1. The van der Waals surface area contributed by atoms with E-state index >= 15 is 0 Å². The van der Waals surface area contributed by atoms with E-state index in [0.29, 0.717) is 37.2 Å². The molecule has 0 aliphatic rings. The Hall–Kier alpha value is -3.42. The summed E-state index contributed by atoms with van der Waals surface area (Å²) in [6, 6.07) is 22.6. The fourth-order valence-corrected chi connectivity index (χ4v) is 5.53. The first kappa shape index (κ1) is 29.6. The second kappa shape index (κ2) is 12.8. The maximum Gasteiger partial charge on any atom is 0.254 e. The van der Waals surface area contributed by atoms with Gasteiger partial charge in [-0.3, -0.25) is 4.79 Å². The molecule has 0 radical (unpaired) electrons. The topological polar surface area (TPSA) is 51.3 Å². The largest absolute Gasteiger partial charge is 0.344 e. The molecule has 7 heteroatoms. The number of amides is 1. The minimum absolute atomic E-state index is 0.0908. The highest BCUT2D eigenvalue weighted by atomic mass is 32.2. The van der Waals surface area contributed by atoms with Crippen molar-refractivity contribution < 1.29 is 13.6 Å². The number of carbonyl (C=O) groups is 1. The maximum atomic E-state index is 14.9. The fourth-order valence-electron chi connectivity index (χ4n) is 5.12. The number of halogens is 2. The standard InChI is InChI=1S/C33H37F2N3OS/c1-33(2,3)31(38(18-8-17-36)32(39)24-11-14-27(40-4)15-12-24)30-19-25(28-20-26(34)13-16-29(28)35)22-37(30)21-23-9-6-5-7-10-23/h5-7,9-16,19-20,22,31H,8,17-18,21,36H2,1-4H3/t31-/m0/s1. The molecule has 0 unspecified atom stereocenters. The molecule has 0 aliphatic carbocycles. The number of benzene rings is 3. The van der Waals surface area contributed by atoms with E-state index in [9.17, 15) is 13.6 Å². The molecule has 4 aromatic rings. The molecular weight excluding hydrogens is 524 g/mol. The average molecular weight is 562 g/mol. The Morgan fingerprint density at radius 2 is 1.70 bits per heavy atom. The van der Waals surface area contributed by atoms with Crippen molar-refractivity contribution >= 4 is 17.7 Å². The van der Waals surface area contributed by atoms with E-state index in [0.717, 1.165) is 28.3 Å². The molecule has 1 heterocycles. The van der Waals surface area contributed by atoms with E-state index in [1.165, 1.54) is 6.07 Å². The lowest BCUT2D eigenvalue weighted by Crippen LogP contribution is -2.43. The van der Waals surface area contributed by atoms with Crippen LogP contribution in [0.4, 0.5) is 8.78 Å². The van der Waals surface area contributed by atoms with Crippen LogP contribution in [-0.2, 0) is 6.54 Å². The predicted molar refractivity (Wildman–Crippen MR) is 160 cm³/mol. The van der Waals surface area contributed by atoms with Crippen molar-refractivity contribution in [1.82, 2.24) is 9.47 Å². The van der Waals surface area contributed by atoms with Gasteiger partial charge in [0, 0.05) is 46.6 Å². The monoisotopic (exact) mass is 561 g/mol. The van der Waals surface area contributed by atoms with E-state index in [2.05, 4.69) is 25.3 Å². The minimum atomic E-state index is -0.505. The van der Waals surface area contributed by atoms with Crippen molar-refractivity contribution in [2.45, 2.75) is 44.7 Å². The third-order valence-electron chi connectivity index (χ3n) is 6.98. The van der Waals surface area contributed by atoms with Crippen LogP contribution >= 0.6 is 11.8 Å². The third kappa shape index (κ3) is 6.83. The summed E-state index contributed by atoms with van der Waals surface area (Å²) in [7, 11) is 0. The SMILES string of the molecule is CSc1ccc(C(=O)N(CCCN)[C@@H](c2cc(-c3cc(F)ccc3F)cn2Cc2ccccc2)C(C)(C)C)cc1. The number of aromatic nitrogens is 1. The van der Waals surface area contributed by atoms with E-state index in [1.807, 2.05) is 78.0 Å². The second-order valence-electron chi connectivity index (χ2n) is 11.0. The quantitative estimate of drug-likeness (QED) is 0.201. The molecule has 0 bridgehead atoms. The van der Waals surface area contributed by atoms with Gasteiger partial charge in [0.05, 0.1) is 6.04 Å². The molecule has 0 spiro atoms. The van der Waals surface area contributed by atoms with E-state index in [-0.39, 0.29) is 17.5 Å². The Labute approximate surface area is 240 Å². The fraction of sp³-hybridized carbons (Fsp3) is 0.303. The first-order chi connectivity index (χ1) is 19.1. The third-order valence-corrected chi connectivity index (χ3v) is 7.72. The molecule has 4 nitrogen and oxygen atoms in total. The van der Waals surface area contributed by atoms with Crippen molar-refractivity contribution in [3.63, 3.8) is 0 Å². The lowest BCUT2D eigenvalue weighted by Gasteiger charge is -2.41. The number of hydrogen-bond donors (Lipinski definition) is 1. The Balaban J connectivity index is 1.88. The number of carbonyl (C=O) groups excluding carboxylic acids is 1. The molecular formula is C33H37F2N3OS. The zero-order valence-corrected chi connectivity index (χ0v) is 24.3. The summed E-state index contributed by atoms with van der Waals surface area (Å²) in [6.45, 7) is 7.71. The molecule has 0 aliphatic heterocycles. The molecule has 1 atom stereocenters. The zero-order chi connectivity index (χ0) is 28.9. The number of nitrogens with zero attached hydrogens (tertiary/aromatic N) is 2. The van der Waals surface area contributed by atoms with Gasteiger partial charge in [-0.1, -0.05) is 51.1 Å². The highest BCUT2D eigenvalue weighted by molar-refractivity contribution is 7.98. The van der Waals surface area contributed by atoms with E-state index < -0.39 is 17.0 Å². The molecule has 40 heavy (non-hydrogen) atoms. The molecule has 1 aromatic heterocycles. The lowest BCUT2D eigenvalue weighted by molar-refractivity contribution is 0.0493. The molecule has 0 saturated carbocycles. The van der Waals surface area contributed by atoms with Gasteiger partial charge in [-0.05, 0) is 78.7 Å². The van der Waals surface area contributed by atoms with Crippen LogP contribution in [0.3, 0.4) is 0 Å². The summed E-state index contributed by atoms with van der Waals surface area (Å²) in [5.74, 6) is -1.09. The van der Waals surface area contributed by atoms with Crippen molar-refractivity contribution in [2.24, 2.45) is 11.1 Å². The number of thioether (sulfide) groups is 1. The van der Waals surface area contributed by atoms with Gasteiger partial charge in [0.25, 0.3) is 5.91 Å². The summed E-state index contributed by atoms with van der Waals surface area (Å²) >= 11 is 1.62. The van der Waals surface area contributed by atoms with Crippen LogP contribution in [0.2, 0.25) is 0 Å². The Morgan fingerprint density at radius 1 is 1.00 bits per heavy atom. The van der Waals surface area contributed by atoms with Gasteiger partial charge in [-0.25, -0.2) is 8.78 Å². The van der Waals surface area contributed by atoms with Crippen molar-refractivity contribution in [1.29, 1.82) is 0 Å². The van der Waals surface area contributed by atoms with Gasteiger partial charge in [-0.2, -0.15) is 0 Å². The Bertz CT molecular complexity index is 1430. The van der Waals surface area contributed by atoms with Crippen LogP contribution in [0.5, 0.6) is 0 Å². The van der Waals surface area contributed by atoms with Gasteiger partial charge >= 0.3 is 0 Å². The first-order valence-corrected chi connectivity index (χ1v) is 14.7. The first-order valence-electron chi connectivity index (χ1n) is 13.5. The van der Waals surface area contributed by atoms with Gasteiger partial charge in [0.1, 0.15) is 11.6 Å². The van der Waals surface area contributed by atoms with E-state index in [4.69, 9.17) is 5.73 Å². The normalized spacial score (nSPS) is 12.4. The maximum absolute atomic E-state index is 14.9. The molecule has 4 rings (SSSR count). The summed E-state index contributed by atoms with van der Waals surface area (Å²) in [5.41, 5.74) is 8.79. The lowest BCUT2D eigenvalue weighted by atomic mass is 9.82. The van der Waals surface area contributed by atoms with Crippen molar-refractivity contribution in [3.8, 4) is 11.1 Å². The predicted octanol–water partition coefficient (Wildman–Crippen LogP) is 7.78.